The molecule has 1 fully saturated rings. The van der Waals surface area contributed by atoms with Gasteiger partial charge in [0.15, 0.2) is 5.11 Å². The van der Waals surface area contributed by atoms with E-state index in [1.807, 2.05) is 25.1 Å². The van der Waals surface area contributed by atoms with Crippen LogP contribution in [0.25, 0.3) is 10.9 Å². The Balaban J connectivity index is 1.49. The Morgan fingerprint density at radius 2 is 1.85 bits per heavy atom. The number of nitrogens with one attached hydrogen (secondary N) is 2. The molecule has 180 valence electrons. The molecule has 0 amide bonds. The molecule has 7 heteroatoms. The highest BCUT2D eigenvalue weighted by Gasteiger charge is 2.17. The highest BCUT2D eigenvalue weighted by Crippen LogP contribution is 2.20. The summed E-state index contributed by atoms with van der Waals surface area (Å²) in [6.45, 7) is 10.4. The Morgan fingerprint density at radius 3 is 2.62 bits per heavy atom. The number of hydrogen-bond acceptors (Lipinski definition) is 4. The van der Waals surface area contributed by atoms with Gasteiger partial charge >= 0.3 is 0 Å². The van der Waals surface area contributed by atoms with E-state index in [1.165, 1.54) is 5.56 Å². The average Bonchev–Trinajstić information content (AvgIpc) is 2.86. The Morgan fingerprint density at radius 1 is 1.12 bits per heavy atom. The number of aromatic nitrogens is 1. The molecule has 0 aliphatic carbocycles. The minimum absolute atomic E-state index is 0.0512. The van der Waals surface area contributed by atoms with Crippen LogP contribution in [0.2, 0.25) is 0 Å². The molecule has 0 bridgehead atoms. The Bertz CT molecular complexity index is 1170. The standard InChI is InChI=1S/C27H34N4O2S/c1-20-8-9-21(2)25-24(20)18-23(26(32)29-25)19-31(13-12-30-14-16-33-17-15-30)27(34)28-11-10-22-6-4-3-5-7-22/h3-9,18H,10-17,19H2,1-2H3,(H,28,34)(H,29,32). The van der Waals surface area contributed by atoms with E-state index in [-0.39, 0.29) is 5.56 Å². The van der Waals surface area contributed by atoms with Crippen molar-refractivity contribution in [3.05, 3.63) is 81.1 Å². The number of morpholine rings is 1. The second kappa shape index (κ2) is 11.6. The molecule has 2 heterocycles. The van der Waals surface area contributed by atoms with Crippen LogP contribution in [0.15, 0.2) is 53.3 Å². The van der Waals surface area contributed by atoms with Crippen LogP contribution in [0.3, 0.4) is 0 Å². The van der Waals surface area contributed by atoms with Crippen LogP contribution in [0.1, 0.15) is 22.3 Å². The fraction of sp³-hybridized carbons (Fsp3) is 0.407. The zero-order valence-corrected chi connectivity index (χ0v) is 20.9. The van der Waals surface area contributed by atoms with Crippen molar-refractivity contribution >= 4 is 28.2 Å². The third-order valence-electron chi connectivity index (χ3n) is 6.49. The van der Waals surface area contributed by atoms with E-state index in [0.29, 0.717) is 11.7 Å². The number of rotatable bonds is 8. The summed E-state index contributed by atoms with van der Waals surface area (Å²) in [5.74, 6) is 0. The topological polar surface area (TPSA) is 60.6 Å². The Kier molecular flexibility index (Phi) is 8.32. The van der Waals surface area contributed by atoms with Crippen LogP contribution in [-0.2, 0) is 17.7 Å². The molecule has 4 rings (SSSR count). The van der Waals surface area contributed by atoms with E-state index >= 15 is 0 Å². The van der Waals surface area contributed by atoms with Gasteiger partial charge in [-0.15, -0.1) is 0 Å². The lowest BCUT2D eigenvalue weighted by Crippen LogP contribution is -2.46. The maximum Gasteiger partial charge on any atom is 0.253 e. The van der Waals surface area contributed by atoms with Crippen LogP contribution in [0, 0.1) is 13.8 Å². The van der Waals surface area contributed by atoms with Crippen LogP contribution < -0.4 is 10.9 Å². The van der Waals surface area contributed by atoms with Crippen molar-refractivity contribution in [2.45, 2.75) is 26.8 Å². The summed E-state index contributed by atoms with van der Waals surface area (Å²) in [4.78, 5) is 20.6. The number of thiocarbonyl (C=S) groups is 1. The molecule has 0 spiro atoms. The second-order valence-electron chi connectivity index (χ2n) is 8.95. The zero-order chi connectivity index (χ0) is 23.9. The summed E-state index contributed by atoms with van der Waals surface area (Å²) >= 11 is 5.80. The number of ether oxygens (including phenoxy) is 1. The maximum absolute atomic E-state index is 13.0. The van der Waals surface area contributed by atoms with Gasteiger partial charge in [0.2, 0.25) is 0 Å². The van der Waals surface area contributed by atoms with Gasteiger partial charge in [-0.3, -0.25) is 9.69 Å². The normalized spacial score (nSPS) is 14.3. The molecule has 0 atom stereocenters. The molecule has 0 radical (unpaired) electrons. The molecule has 1 aromatic heterocycles. The van der Waals surface area contributed by atoms with Gasteiger partial charge in [-0.2, -0.15) is 0 Å². The summed E-state index contributed by atoms with van der Waals surface area (Å²) in [5.41, 5.74) is 5.10. The lowest BCUT2D eigenvalue weighted by atomic mass is 10.0. The van der Waals surface area contributed by atoms with E-state index in [9.17, 15) is 4.79 Å². The first-order valence-electron chi connectivity index (χ1n) is 12.0. The fourth-order valence-electron chi connectivity index (χ4n) is 4.35. The summed E-state index contributed by atoms with van der Waals surface area (Å²) in [6.07, 6.45) is 0.896. The van der Waals surface area contributed by atoms with Gasteiger partial charge in [-0.1, -0.05) is 42.5 Å². The van der Waals surface area contributed by atoms with E-state index in [2.05, 4.69) is 57.4 Å². The number of aryl methyl sites for hydroxylation is 2. The van der Waals surface area contributed by atoms with Crippen LogP contribution >= 0.6 is 12.2 Å². The molecule has 1 saturated heterocycles. The minimum atomic E-state index is -0.0512. The highest BCUT2D eigenvalue weighted by atomic mass is 32.1. The van der Waals surface area contributed by atoms with Gasteiger partial charge in [0.05, 0.1) is 25.3 Å². The van der Waals surface area contributed by atoms with Crippen LogP contribution in [-0.4, -0.2) is 65.8 Å². The molecular formula is C27H34N4O2S. The van der Waals surface area contributed by atoms with Gasteiger partial charge in [0, 0.05) is 43.7 Å². The molecule has 3 aromatic rings. The highest BCUT2D eigenvalue weighted by molar-refractivity contribution is 7.80. The number of fused-ring (bicyclic) bond motifs is 1. The van der Waals surface area contributed by atoms with Crippen LogP contribution in [0.4, 0.5) is 0 Å². The first-order valence-corrected chi connectivity index (χ1v) is 12.4. The molecule has 2 aromatic carbocycles. The van der Waals surface area contributed by atoms with E-state index in [4.69, 9.17) is 17.0 Å². The average molecular weight is 479 g/mol. The largest absolute Gasteiger partial charge is 0.379 e. The summed E-state index contributed by atoms with van der Waals surface area (Å²) in [5, 5.41) is 5.19. The molecule has 2 N–H and O–H groups in total. The van der Waals surface area contributed by atoms with Crippen molar-refractivity contribution in [2.75, 3.05) is 45.9 Å². The van der Waals surface area contributed by atoms with Gasteiger partial charge in [0.25, 0.3) is 5.56 Å². The number of nitrogens with zero attached hydrogens (tertiary/aromatic N) is 2. The zero-order valence-electron chi connectivity index (χ0n) is 20.1. The SMILES string of the molecule is Cc1ccc(C)c2[nH]c(=O)c(CN(CCN3CCOCC3)C(=S)NCCc3ccccc3)cc12. The van der Waals surface area contributed by atoms with Crippen molar-refractivity contribution < 1.29 is 4.74 Å². The molecule has 34 heavy (non-hydrogen) atoms. The number of hydrogen-bond donors (Lipinski definition) is 2. The number of pyridine rings is 1. The Labute approximate surface area is 206 Å². The van der Waals surface area contributed by atoms with Crippen molar-refractivity contribution in [3.8, 4) is 0 Å². The molecule has 0 saturated carbocycles. The minimum Gasteiger partial charge on any atom is -0.379 e. The summed E-state index contributed by atoms with van der Waals surface area (Å²) in [6, 6.07) is 16.6. The van der Waals surface area contributed by atoms with Crippen molar-refractivity contribution in [3.63, 3.8) is 0 Å². The predicted molar refractivity (Wildman–Crippen MR) is 142 cm³/mol. The maximum atomic E-state index is 13.0. The molecular weight excluding hydrogens is 444 g/mol. The van der Waals surface area contributed by atoms with Crippen molar-refractivity contribution in [1.29, 1.82) is 0 Å². The molecule has 0 unspecified atom stereocenters. The first kappa shape index (κ1) is 24.4. The number of benzene rings is 2. The van der Waals surface area contributed by atoms with Crippen molar-refractivity contribution in [2.24, 2.45) is 0 Å². The third kappa shape index (κ3) is 6.23. The first-order chi connectivity index (χ1) is 16.5. The predicted octanol–water partition coefficient (Wildman–Crippen LogP) is 3.40. The van der Waals surface area contributed by atoms with Gasteiger partial charge in [-0.05, 0) is 55.2 Å². The smallest absolute Gasteiger partial charge is 0.253 e. The third-order valence-corrected chi connectivity index (χ3v) is 6.89. The Hall–Kier alpha value is -2.74. The lowest BCUT2D eigenvalue weighted by molar-refractivity contribution is 0.0357. The second-order valence-corrected chi connectivity index (χ2v) is 9.34. The fourth-order valence-corrected chi connectivity index (χ4v) is 4.61. The van der Waals surface area contributed by atoms with Crippen LogP contribution in [0.5, 0.6) is 0 Å². The van der Waals surface area contributed by atoms with E-state index in [1.54, 1.807) is 0 Å². The number of aromatic amines is 1. The van der Waals surface area contributed by atoms with E-state index in [0.717, 1.165) is 80.0 Å². The van der Waals surface area contributed by atoms with Gasteiger partial charge in [0.1, 0.15) is 0 Å². The number of H-pyrrole nitrogens is 1. The molecule has 6 nitrogen and oxygen atoms in total. The summed E-state index contributed by atoms with van der Waals surface area (Å²) < 4.78 is 5.48. The lowest BCUT2D eigenvalue weighted by Gasteiger charge is -2.31. The van der Waals surface area contributed by atoms with Crippen molar-refractivity contribution in [1.82, 2.24) is 20.1 Å². The monoisotopic (exact) mass is 478 g/mol. The summed E-state index contributed by atoms with van der Waals surface area (Å²) in [7, 11) is 0. The van der Waals surface area contributed by atoms with Gasteiger partial charge in [-0.25, -0.2) is 0 Å². The molecule has 1 aliphatic heterocycles. The van der Waals surface area contributed by atoms with Gasteiger partial charge < -0.3 is 19.9 Å². The molecule has 1 aliphatic rings. The van der Waals surface area contributed by atoms with E-state index < -0.39 is 0 Å². The quantitative estimate of drug-likeness (QED) is 0.484.